The van der Waals surface area contributed by atoms with Crippen LogP contribution in [0.15, 0.2) is 62.3 Å². The molecule has 0 aliphatic rings. The van der Waals surface area contributed by atoms with Gasteiger partial charge in [-0.05, 0) is 24.3 Å². The van der Waals surface area contributed by atoms with Gasteiger partial charge in [0.25, 0.3) is 0 Å². The quantitative estimate of drug-likeness (QED) is 0.640. The highest BCUT2D eigenvalue weighted by Gasteiger charge is 2.10. The maximum atomic E-state index is 11.0. The molecule has 0 unspecified atom stereocenters. The lowest BCUT2D eigenvalue weighted by Gasteiger charge is -2.04. The summed E-state index contributed by atoms with van der Waals surface area (Å²) in [5, 5.41) is 16.9. The molecule has 20 heavy (non-hydrogen) atoms. The summed E-state index contributed by atoms with van der Waals surface area (Å²) in [4.78, 5) is 24.7. The molecule has 2 aromatic rings. The molecule has 0 bridgehead atoms. The van der Waals surface area contributed by atoms with E-state index < -0.39 is 5.97 Å². The van der Waals surface area contributed by atoms with Gasteiger partial charge in [0.05, 0.1) is 5.56 Å². The number of benzene rings is 1. The van der Waals surface area contributed by atoms with Gasteiger partial charge in [-0.3, -0.25) is 4.98 Å². The highest BCUT2D eigenvalue weighted by atomic mass is 79.9. The average molecular weight is 357 g/mol. The van der Waals surface area contributed by atoms with Crippen LogP contribution in [0, 0.1) is 4.91 Å². The first-order valence-corrected chi connectivity index (χ1v) is 6.77. The second-order valence-corrected chi connectivity index (χ2v) is 5.35. The Morgan fingerprint density at radius 3 is 2.65 bits per heavy atom. The number of hydrogen-bond acceptors (Lipinski definition) is 5. The van der Waals surface area contributed by atoms with Crippen LogP contribution in [0.1, 0.15) is 10.4 Å². The summed E-state index contributed by atoms with van der Waals surface area (Å²) in [5.41, 5.74) is 0.268. The second kappa shape index (κ2) is 8.28. The zero-order valence-corrected chi connectivity index (χ0v) is 12.3. The Kier molecular flexibility index (Phi) is 6.68. The minimum atomic E-state index is -0.940. The lowest BCUT2D eigenvalue weighted by molar-refractivity contribution is 0.0693. The molecule has 0 atom stereocenters. The Labute approximate surface area is 126 Å². The Morgan fingerprint density at radius 2 is 2.05 bits per heavy atom. The molecule has 0 aliphatic carbocycles. The minimum absolute atomic E-state index is 0.268. The van der Waals surface area contributed by atoms with Gasteiger partial charge in [0.2, 0.25) is 0 Å². The lowest BCUT2D eigenvalue weighted by atomic mass is 10.3. The molecule has 2 N–H and O–H groups in total. The molecule has 8 heteroatoms. The van der Waals surface area contributed by atoms with Gasteiger partial charge in [-0.15, -0.1) is 4.91 Å². The fraction of sp³-hybridized carbons (Fsp3) is 0. The average Bonchev–Trinajstić information content (AvgIpc) is 2.40. The van der Waals surface area contributed by atoms with Crippen molar-refractivity contribution in [2.75, 3.05) is 0 Å². The number of pyridine rings is 1. The maximum absolute atomic E-state index is 11.0. The van der Waals surface area contributed by atoms with E-state index in [1.807, 2.05) is 24.3 Å². The largest absolute Gasteiger partial charge is 0.478 e. The van der Waals surface area contributed by atoms with Crippen molar-refractivity contribution in [3.63, 3.8) is 0 Å². The van der Waals surface area contributed by atoms with Crippen LogP contribution < -0.4 is 0 Å². The van der Waals surface area contributed by atoms with Gasteiger partial charge in [0.15, 0.2) is 5.34 Å². The number of nitrogens with zero attached hydrogens (tertiary/aromatic N) is 2. The van der Waals surface area contributed by atoms with Gasteiger partial charge in [0.1, 0.15) is 0 Å². The van der Waals surface area contributed by atoms with E-state index in [2.05, 4.69) is 20.9 Å². The van der Waals surface area contributed by atoms with Crippen LogP contribution >= 0.6 is 27.7 Å². The molecule has 0 saturated carbocycles. The number of hydrogen-bond donors (Lipinski definition) is 2. The molecule has 0 radical (unpaired) electrons. The van der Waals surface area contributed by atoms with Gasteiger partial charge in [-0.1, -0.05) is 33.8 Å². The van der Waals surface area contributed by atoms with E-state index in [0.29, 0.717) is 4.90 Å². The Hall–Kier alpha value is -1.93. The van der Waals surface area contributed by atoms with Gasteiger partial charge in [-0.25, -0.2) is 4.79 Å². The molecule has 6 nitrogen and oxygen atoms in total. The van der Waals surface area contributed by atoms with Gasteiger partial charge in [0, 0.05) is 26.7 Å². The molecule has 0 amide bonds. The highest BCUT2D eigenvalue weighted by Crippen LogP contribution is 2.31. The number of aromatic carboxylic acids is 1. The van der Waals surface area contributed by atoms with Crippen LogP contribution in [0.5, 0.6) is 0 Å². The SMILES string of the molecule is O=C(O)c1ccncc1Sc1cccc(Br)c1.O=NO. The number of carboxylic acids is 1. The summed E-state index contributed by atoms with van der Waals surface area (Å²) in [7, 11) is 0. The third-order valence-electron chi connectivity index (χ3n) is 2.04. The fourth-order valence-electron chi connectivity index (χ4n) is 1.30. The van der Waals surface area contributed by atoms with Crippen molar-refractivity contribution in [2.45, 2.75) is 9.79 Å². The van der Waals surface area contributed by atoms with Crippen molar-refractivity contribution in [1.29, 1.82) is 0 Å². The van der Waals surface area contributed by atoms with Crippen LogP contribution in [-0.4, -0.2) is 21.3 Å². The van der Waals surface area contributed by atoms with Crippen LogP contribution in [0.2, 0.25) is 0 Å². The number of halogens is 1. The van der Waals surface area contributed by atoms with Crippen LogP contribution in [0.25, 0.3) is 0 Å². The monoisotopic (exact) mass is 356 g/mol. The van der Waals surface area contributed by atoms with Crippen LogP contribution in [0.3, 0.4) is 0 Å². The predicted molar refractivity (Wildman–Crippen MR) is 77.0 cm³/mol. The topological polar surface area (TPSA) is 99.8 Å². The predicted octanol–water partition coefficient (Wildman–Crippen LogP) is 3.84. The third-order valence-corrected chi connectivity index (χ3v) is 3.57. The van der Waals surface area contributed by atoms with Crippen molar-refractivity contribution in [3.05, 3.63) is 57.7 Å². The Morgan fingerprint density at radius 1 is 1.35 bits per heavy atom. The molecule has 0 spiro atoms. The van der Waals surface area contributed by atoms with Crippen molar-refractivity contribution in [3.8, 4) is 0 Å². The zero-order valence-electron chi connectivity index (χ0n) is 9.93. The smallest absolute Gasteiger partial charge is 0.336 e. The van der Waals surface area contributed by atoms with E-state index in [1.165, 1.54) is 29.4 Å². The van der Waals surface area contributed by atoms with Crippen molar-refractivity contribution >= 4 is 33.7 Å². The van der Waals surface area contributed by atoms with Gasteiger partial charge in [-0.2, -0.15) is 0 Å². The molecular formula is C12H9BrN2O4S. The molecule has 0 aliphatic heterocycles. The molecule has 1 heterocycles. The van der Waals surface area contributed by atoms with Crippen molar-refractivity contribution in [1.82, 2.24) is 4.98 Å². The van der Waals surface area contributed by atoms with Gasteiger partial charge < -0.3 is 10.3 Å². The minimum Gasteiger partial charge on any atom is -0.478 e. The summed E-state index contributed by atoms with van der Waals surface area (Å²) in [6.07, 6.45) is 3.05. The Bertz CT molecular complexity index is 610. The molecule has 1 aromatic carbocycles. The summed E-state index contributed by atoms with van der Waals surface area (Å²) < 4.78 is 0.961. The number of carbonyl (C=O) groups is 1. The molecule has 104 valence electrons. The third kappa shape index (κ3) is 4.98. The molecular weight excluding hydrogens is 348 g/mol. The first-order valence-electron chi connectivity index (χ1n) is 5.16. The van der Waals surface area contributed by atoms with E-state index in [-0.39, 0.29) is 5.56 Å². The summed E-state index contributed by atoms with van der Waals surface area (Å²) in [6.45, 7) is 0. The molecule has 0 fully saturated rings. The Balaban J connectivity index is 0.000000612. The maximum Gasteiger partial charge on any atom is 0.336 e. The first kappa shape index (κ1) is 16.1. The second-order valence-electron chi connectivity index (χ2n) is 3.32. The lowest BCUT2D eigenvalue weighted by Crippen LogP contribution is -1.98. The molecule has 1 aromatic heterocycles. The summed E-state index contributed by atoms with van der Waals surface area (Å²) in [6, 6.07) is 9.19. The normalized spacial score (nSPS) is 9.25. The van der Waals surface area contributed by atoms with E-state index >= 15 is 0 Å². The van der Waals surface area contributed by atoms with Crippen LogP contribution in [0.4, 0.5) is 0 Å². The zero-order chi connectivity index (χ0) is 15.0. The molecule has 2 rings (SSSR count). The molecule has 0 saturated heterocycles. The van der Waals surface area contributed by atoms with Crippen LogP contribution in [-0.2, 0) is 0 Å². The number of aromatic nitrogens is 1. The first-order chi connectivity index (χ1) is 9.58. The van der Waals surface area contributed by atoms with E-state index in [1.54, 1.807) is 6.20 Å². The number of rotatable bonds is 3. The standard InChI is InChI=1S/C12H8BrNO2S.HNO2/c13-8-2-1-3-9(6-8)17-11-7-14-5-4-10(11)12(15)16;2-1-3/h1-7H,(H,15,16);(H,2,3). The van der Waals surface area contributed by atoms with Crippen molar-refractivity contribution in [2.24, 2.45) is 5.34 Å². The number of carboxylic acid groups (broad SMARTS) is 1. The fourth-order valence-corrected chi connectivity index (χ4v) is 2.81. The van der Waals surface area contributed by atoms with Crippen molar-refractivity contribution < 1.29 is 15.1 Å². The van der Waals surface area contributed by atoms with Gasteiger partial charge >= 0.3 is 5.97 Å². The van der Waals surface area contributed by atoms with E-state index in [0.717, 1.165) is 9.37 Å². The highest BCUT2D eigenvalue weighted by molar-refractivity contribution is 9.10. The van der Waals surface area contributed by atoms with E-state index in [4.69, 9.17) is 15.2 Å². The summed E-state index contributed by atoms with van der Waals surface area (Å²) in [5.74, 6) is -0.940. The van der Waals surface area contributed by atoms with E-state index in [9.17, 15) is 4.79 Å². The summed E-state index contributed by atoms with van der Waals surface area (Å²) >= 11 is 4.76.